The van der Waals surface area contributed by atoms with E-state index in [0.29, 0.717) is 11.6 Å². The second kappa shape index (κ2) is 11.5. The summed E-state index contributed by atoms with van der Waals surface area (Å²) in [6, 6.07) is 20.8. The van der Waals surface area contributed by atoms with Crippen LogP contribution in [0.25, 0.3) is 11.1 Å². The van der Waals surface area contributed by atoms with Crippen LogP contribution in [0.15, 0.2) is 66.7 Å². The number of hydrogen-bond acceptors (Lipinski definition) is 4. The summed E-state index contributed by atoms with van der Waals surface area (Å²) in [5.41, 5.74) is 4.75. The van der Waals surface area contributed by atoms with Crippen LogP contribution >= 0.6 is 11.6 Å². The molecule has 1 aliphatic heterocycles. The fraction of sp³-hybridized carbons (Fsp3) is 0.286. The Kier molecular flexibility index (Phi) is 8.22. The lowest BCUT2D eigenvalue weighted by atomic mass is 9.90. The molecule has 0 N–H and O–H groups in total. The SMILES string of the molecule is COc1ccc(/C(C)=C(\c2ccc(Cl)cc2)c2ccc(OCCN3CCOCC3)cc2)cc1F. The van der Waals surface area contributed by atoms with Gasteiger partial charge in [-0.1, -0.05) is 41.9 Å². The van der Waals surface area contributed by atoms with E-state index in [1.54, 1.807) is 6.07 Å². The first kappa shape index (κ1) is 24.3. The van der Waals surface area contributed by atoms with Crippen LogP contribution in [0.3, 0.4) is 0 Å². The van der Waals surface area contributed by atoms with Crippen molar-refractivity contribution in [3.63, 3.8) is 0 Å². The molecule has 178 valence electrons. The monoisotopic (exact) mass is 481 g/mol. The van der Waals surface area contributed by atoms with E-state index in [4.69, 9.17) is 25.8 Å². The highest BCUT2D eigenvalue weighted by molar-refractivity contribution is 6.30. The minimum absolute atomic E-state index is 0.225. The molecule has 3 aromatic rings. The zero-order valence-electron chi connectivity index (χ0n) is 19.5. The van der Waals surface area contributed by atoms with Crippen molar-refractivity contribution in [3.8, 4) is 11.5 Å². The molecule has 0 unspecified atom stereocenters. The molecule has 1 heterocycles. The van der Waals surface area contributed by atoms with Crippen molar-refractivity contribution in [1.29, 1.82) is 0 Å². The molecule has 4 rings (SSSR count). The summed E-state index contributed by atoms with van der Waals surface area (Å²) < 4.78 is 30.9. The molecule has 0 spiro atoms. The van der Waals surface area contributed by atoms with Gasteiger partial charge in [-0.2, -0.15) is 0 Å². The van der Waals surface area contributed by atoms with E-state index in [0.717, 1.165) is 66.4 Å². The van der Waals surface area contributed by atoms with Gasteiger partial charge >= 0.3 is 0 Å². The normalized spacial score (nSPS) is 15.1. The number of methoxy groups -OCH3 is 1. The van der Waals surface area contributed by atoms with Gasteiger partial charge in [0.15, 0.2) is 11.6 Å². The van der Waals surface area contributed by atoms with Crippen LogP contribution in [0.5, 0.6) is 11.5 Å². The number of morpholine rings is 1. The number of hydrogen-bond donors (Lipinski definition) is 0. The molecule has 0 amide bonds. The number of ether oxygens (including phenoxy) is 3. The van der Waals surface area contributed by atoms with Crippen LogP contribution in [0.1, 0.15) is 23.6 Å². The fourth-order valence-electron chi connectivity index (χ4n) is 4.10. The summed E-state index contributed by atoms with van der Waals surface area (Å²) in [4.78, 5) is 2.34. The third-order valence-corrected chi connectivity index (χ3v) is 6.27. The molecule has 0 radical (unpaired) electrons. The zero-order valence-corrected chi connectivity index (χ0v) is 20.3. The Hall–Kier alpha value is -2.86. The molecule has 6 heteroatoms. The summed E-state index contributed by atoms with van der Waals surface area (Å²) in [6.45, 7) is 6.97. The highest BCUT2D eigenvalue weighted by Gasteiger charge is 2.14. The van der Waals surface area contributed by atoms with E-state index in [1.807, 2.05) is 61.5 Å². The summed E-state index contributed by atoms with van der Waals surface area (Å²) in [7, 11) is 1.46. The van der Waals surface area contributed by atoms with Crippen molar-refractivity contribution >= 4 is 22.7 Å². The first-order chi connectivity index (χ1) is 16.5. The molecule has 0 saturated carbocycles. The maximum atomic E-state index is 14.4. The molecule has 1 aliphatic rings. The van der Waals surface area contributed by atoms with E-state index >= 15 is 0 Å². The molecule has 0 bridgehead atoms. The van der Waals surface area contributed by atoms with Gasteiger partial charge in [0.05, 0.1) is 20.3 Å². The smallest absolute Gasteiger partial charge is 0.165 e. The maximum Gasteiger partial charge on any atom is 0.165 e. The lowest BCUT2D eigenvalue weighted by molar-refractivity contribution is 0.0322. The van der Waals surface area contributed by atoms with Gasteiger partial charge in [-0.15, -0.1) is 0 Å². The van der Waals surface area contributed by atoms with Gasteiger partial charge in [0.2, 0.25) is 0 Å². The molecule has 1 saturated heterocycles. The quantitative estimate of drug-likeness (QED) is 0.359. The number of nitrogens with zero attached hydrogens (tertiary/aromatic N) is 1. The standard InChI is InChI=1S/C28H29ClFNO3/c1-20(23-7-12-27(32-2)26(30)19-23)28(21-3-8-24(29)9-4-21)22-5-10-25(11-6-22)34-18-15-31-13-16-33-17-14-31/h3-12,19H,13-18H2,1-2H3/b28-20+. The minimum Gasteiger partial charge on any atom is -0.494 e. The first-order valence-electron chi connectivity index (χ1n) is 11.4. The van der Waals surface area contributed by atoms with Crippen molar-refractivity contribution < 1.29 is 18.6 Å². The van der Waals surface area contributed by atoms with Crippen LogP contribution in [-0.4, -0.2) is 51.5 Å². The lowest BCUT2D eigenvalue weighted by Gasteiger charge is -2.26. The predicted molar refractivity (Wildman–Crippen MR) is 135 cm³/mol. The fourth-order valence-corrected chi connectivity index (χ4v) is 4.22. The third kappa shape index (κ3) is 5.98. The van der Waals surface area contributed by atoms with Crippen LogP contribution in [-0.2, 0) is 4.74 Å². The van der Waals surface area contributed by atoms with Gasteiger partial charge < -0.3 is 14.2 Å². The van der Waals surface area contributed by atoms with Gasteiger partial charge in [-0.25, -0.2) is 4.39 Å². The molecule has 34 heavy (non-hydrogen) atoms. The molecule has 0 atom stereocenters. The Balaban J connectivity index is 1.59. The molecular formula is C28H29ClFNO3. The average molecular weight is 482 g/mol. The maximum absolute atomic E-state index is 14.4. The van der Waals surface area contributed by atoms with Gasteiger partial charge in [0.25, 0.3) is 0 Å². The van der Waals surface area contributed by atoms with E-state index < -0.39 is 0 Å². The van der Waals surface area contributed by atoms with E-state index in [9.17, 15) is 4.39 Å². The second-order valence-electron chi connectivity index (χ2n) is 8.18. The van der Waals surface area contributed by atoms with E-state index in [1.165, 1.54) is 13.2 Å². The van der Waals surface area contributed by atoms with Crippen molar-refractivity contribution in [1.82, 2.24) is 4.90 Å². The number of halogens is 2. The third-order valence-electron chi connectivity index (χ3n) is 6.02. The number of rotatable bonds is 8. The highest BCUT2D eigenvalue weighted by Crippen LogP contribution is 2.34. The molecule has 0 aliphatic carbocycles. The van der Waals surface area contributed by atoms with Crippen LogP contribution < -0.4 is 9.47 Å². The molecule has 0 aromatic heterocycles. The summed E-state index contributed by atoms with van der Waals surface area (Å²) in [6.07, 6.45) is 0. The first-order valence-corrected chi connectivity index (χ1v) is 11.8. The van der Waals surface area contributed by atoms with Gasteiger partial charge in [-0.3, -0.25) is 4.90 Å². The predicted octanol–water partition coefficient (Wildman–Crippen LogP) is 6.18. The highest BCUT2D eigenvalue weighted by atomic mass is 35.5. The Morgan fingerprint density at radius 2 is 1.56 bits per heavy atom. The molecular weight excluding hydrogens is 453 g/mol. The van der Waals surface area contributed by atoms with Gasteiger partial charge in [0, 0.05) is 24.7 Å². The second-order valence-corrected chi connectivity index (χ2v) is 8.62. The summed E-state index contributed by atoms with van der Waals surface area (Å²) in [5, 5.41) is 0.667. The molecule has 1 fully saturated rings. The van der Waals surface area contributed by atoms with Crippen LogP contribution in [0, 0.1) is 5.82 Å². The summed E-state index contributed by atoms with van der Waals surface area (Å²) >= 11 is 6.13. The van der Waals surface area contributed by atoms with Crippen LogP contribution in [0.2, 0.25) is 5.02 Å². The van der Waals surface area contributed by atoms with E-state index in [2.05, 4.69) is 4.90 Å². The van der Waals surface area contributed by atoms with Crippen molar-refractivity contribution in [2.24, 2.45) is 0 Å². The minimum atomic E-state index is -0.390. The van der Waals surface area contributed by atoms with Gasteiger partial charge in [0.1, 0.15) is 12.4 Å². The van der Waals surface area contributed by atoms with Crippen LogP contribution in [0.4, 0.5) is 4.39 Å². The van der Waals surface area contributed by atoms with Gasteiger partial charge in [-0.05, 0) is 71.2 Å². The number of benzene rings is 3. The molecule has 4 nitrogen and oxygen atoms in total. The Morgan fingerprint density at radius 1 is 0.941 bits per heavy atom. The topological polar surface area (TPSA) is 30.9 Å². The largest absolute Gasteiger partial charge is 0.494 e. The summed E-state index contributed by atoms with van der Waals surface area (Å²) in [5.74, 6) is 0.655. The Labute approximate surface area is 205 Å². The average Bonchev–Trinajstić information content (AvgIpc) is 2.87. The Bertz CT molecular complexity index is 1120. The lowest BCUT2D eigenvalue weighted by Crippen LogP contribution is -2.38. The zero-order chi connectivity index (χ0) is 23.9. The Morgan fingerprint density at radius 3 is 2.18 bits per heavy atom. The number of allylic oxidation sites excluding steroid dienone is 1. The van der Waals surface area contributed by atoms with E-state index in [-0.39, 0.29) is 11.6 Å². The van der Waals surface area contributed by atoms with Crippen molar-refractivity contribution in [2.75, 3.05) is 46.6 Å². The van der Waals surface area contributed by atoms with Crippen molar-refractivity contribution in [3.05, 3.63) is 94.3 Å². The van der Waals surface area contributed by atoms with Crippen molar-refractivity contribution in [2.45, 2.75) is 6.92 Å². The molecule has 3 aromatic carbocycles.